The van der Waals surface area contributed by atoms with E-state index in [9.17, 15) is 13.2 Å². The molecule has 0 heterocycles. The van der Waals surface area contributed by atoms with Crippen molar-refractivity contribution >= 4 is 0 Å². The van der Waals surface area contributed by atoms with Crippen LogP contribution in [0.1, 0.15) is 25.0 Å². The van der Waals surface area contributed by atoms with Gasteiger partial charge >= 0.3 is 6.18 Å². The maximum atomic E-state index is 12.5. The fourth-order valence-electron chi connectivity index (χ4n) is 1.46. The Hall–Kier alpha value is -1.03. The zero-order valence-electron chi connectivity index (χ0n) is 9.65. The molecule has 1 aromatic carbocycles. The quantitative estimate of drug-likeness (QED) is 0.842. The van der Waals surface area contributed by atoms with Crippen LogP contribution in [-0.4, -0.2) is 12.6 Å². The highest BCUT2D eigenvalue weighted by Crippen LogP contribution is 2.30. The van der Waals surface area contributed by atoms with Gasteiger partial charge < -0.3 is 5.32 Å². The molecule has 16 heavy (non-hydrogen) atoms. The van der Waals surface area contributed by atoms with Crippen molar-refractivity contribution < 1.29 is 13.2 Å². The first kappa shape index (κ1) is 13.0. The fourth-order valence-corrected chi connectivity index (χ4v) is 1.46. The molecule has 0 aliphatic carbocycles. The van der Waals surface area contributed by atoms with Gasteiger partial charge in [0.25, 0.3) is 0 Å². The number of hydrogen-bond donors (Lipinski definition) is 1. The van der Waals surface area contributed by atoms with E-state index in [2.05, 4.69) is 5.32 Å². The van der Waals surface area contributed by atoms with Gasteiger partial charge in [0.1, 0.15) is 0 Å². The summed E-state index contributed by atoms with van der Waals surface area (Å²) in [6.07, 6.45) is -3.70. The van der Waals surface area contributed by atoms with Crippen LogP contribution in [0.2, 0.25) is 0 Å². The Morgan fingerprint density at radius 2 is 1.81 bits per heavy atom. The predicted molar refractivity (Wildman–Crippen MR) is 58.3 cm³/mol. The third kappa shape index (κ3) is 3.52. The van der Waals surface area contributed by atoms with E-state index in [0.717, 1.165) is 6.07 Å². The third-order valence-corrected chi connectivity index (χ3v) is 2.58. The summed E-state index contributed by atoms with van der Waals surface area (Å²) >= 11 is 0. The molecule has 0 saturated carbocycles. The van der Waals surface area contributed by atoms with Gasteiger partial charge in [-0.15, -0.1) is 0 Å². The van der Waals surface area contributed by atoms with Crippen LogP contribution in [0.5, 0.6) is 0 Å². The molecule has 90 valence electrons. The second kappa shape index (κ2) is 4.45. The molecule has 0 atom stereocenters. The van der Waals surface area contributed by atoms with Crippen molar-refractivity contribution in [3.05, 3.63) is 35.4 Å². The highest BCUT2D eigenvalue weighted by Gasteiger charge is 2.30. The monoisotopic (exact) mass is 231 g/mol. The number of benzene rings is 1. The highest BCUT2D eigenvalue weighted by molar-refractivity contribution is 5.26. The molecule has 0 fully saturated rings. The van der Waals surface area contributed by atoms with Gasteiger partial charge in [0.05, 0.1) is 5.56 Å². The summed E-state index contributed by atoms with van der Waals surface area (Å²) in [5.41, 5.74) is -0.101. The lowest BCUT2D eigenvalue weighted by Crippen LogP contribution is -2.38. The minimum atomic E-state index is -4.26. The van der Waals surface area contributed by atoms with Gasteiger partial charge in [0.2, 0.25) is 0 Å². The van der Waals surface area contributed by atoms with Gasteiger partial charge in [-0.3, -0.25) is 0 Å². The molecule has 0 amide bonds. The van der Waals surface area contributed by atoms with E-state index in [1.807, 2.05) is 13.8 Å². The van der Waals surface area contributed by atoms with E-state index < -0.39 is 11.7 Å². The van der Waals surface area contributed by atoms with Gasteiger partial charge in [-0.2, -0.15) is 13.2 Å². The van der Waals surface area contributed by atoms with Gasteiger partial charge in [-0.25, -0.2) is 0 Å². The molecule has 0 aliphatic heterocycles. The average molecular weight is 231 g/mol. The molecule has 0 radical (unpaired) electrons. The van der Waals surface area contributed by atoms with Crippen molar-refractivity contribution in [2.75, 3.05) is 7.05 Å². The van der Waals surface area contributed by atoms with Crippen molar-refractivity contribution in [1.29, 1.82) is 0 Å². The lowest BCUT2D eigenvalue weighted by atomic mass is 9.94. The van der Waals surface area contributed by atoms with Gasteiger partial charge in [0.15, 0.2) is 0 Å². The summed E-state index contributed by atoms with van der Waals surface area (Å²) in [5.74, 6) is 0. The zero-order chi connectivity index (χ0) is 12.4. The standard InChI is InChI=1S/C12H16F3N/c1-11(2,16-3)8-9-5-4-6-10(7-9)12(13,14)15/h4-7,16H,8H2,1-3H3. The number of halogens is 3. The van der Waals surface area contributed by atoms with Crippen molar-refractivity contribution in [2.24, 2.45) is 0 Å². The predicted octanol–water partition coefficient (Wildman–Crippen LogP) is 3.25. The molecule has 1 nitrogen and oxygen atoms in total. The van der Waals surface area contributed by atoms with Crippen LogP contribution in [0, 0.1) is 0 Å². The Morgan fingerprint density at radius 3 is 2.31 bits per heavy atom. The van der Waals surface area contributed by atoms with Crippen LogP contribution >= 0.6 is 0 Å². The topological polar surface area (TPSA) is 12.0 Å². The summed E-state index contributed by atoms with van der Waals surface area (Å²) in [7, 11) is 1.80. The number of likely N-dealkylation sites (N-methyl/N-ethyl adjacent to an activating group) is 1. The maximum Gasteiger partial charge on any atom is 0.416 e. The molecule has 0 unspecified atom stereocenters. The first-order valence-electron chi connectivity index (χ1n) is 5.10. The number of alkyl halides is 3. The van der Waals surface area contributed by atoms with Crippen LogP contribution in [-0.2, 0) is 12.6 Å². The molecular weight excluding hydrogens is 215 g/mol. The summed E-state index contributed by atoms with van der Waals surface area (Å²) < 4.78 is 37.4. The van der Waals surface area contributed by atoms with Crippen LogP contribution in [0.25, 0.3) is 0 Å². The first-order chi connectivity index (χ1) is 7.24. The van der Waals surface area contributed by atoms with E-state index in [1.165, 1.54) is 12.1 Å². The first-order valence-corrected chi connectivity index (χ1v) is 5.10. The minimum absolute atomic E-state index is 0.204. The van der Waals surface area contributed by atoms with E-state index in [1.54, 1.807) is 13.1 Å². The maximum absolute atomic E-state index is 12.5. The Bertz CT molecular complexity index is 356. The van der Waals surface area contributed by atoms with Crippen molar-refractivity contribution in [1.82, 2.24) is 5.32 Å². The zero-order valence-corrected chi connectivity index (χ0v) is 9.65. The molecule has 0 spiro atoms. The summed E-state index contributed by atoms with van der Waals surface area (Å²) in [6.45, 7) is 3.90. The molecule has 0 saturated heterocycles. The Balaban J connectivity index is 2.92. The van der Waals surface area contributed by atoms with Crippen LogP contribution < -0.4 is 5.32 Å². The fraction of sp³-hybridized carbons (Fsp3) is 0.500. The smallest absolute Gasteiger partial charge is 0.314 e. The van der Waals surface area contributed by atoms with Crippen LogP contribution in [0.3, 0.4) is 0 Å². The SMILES string of the molecule is CNC(C)(C)Cc1cccc(C(F)(F)F)c1. The molecule has 0 aliphatic rings. The van der Waals surface area contributed by atoms with Crippen LogP contribution in [0.4, 0.5) is 13.2 Å². The Kier molecular flexibility index (Phi) is 3.63. The number of hydrogen-bond acceptors (Lipinski definition) is 1. The molecule has 0 aromatic heterocycles. The normalized spacial score (nSPS) is 12.9. The third-order valence-electron chi connectivity index (χ3n) is 2.58. The molecule has 1 rings (SSSR count). The summed E-state index contributed by atoms with van der Waals surface area (Å²) in [6, 6.07) is 5.47. The largest absolute Gasteiger partial charge is 0.416 e. The van der Waals surface area contributed by atoms with Crippen molar-refractivity contribution in [3.8, 4) is 0 Å². The number of rotatable bonds is 3. The summed E-state index contributed by atoms with van der Waals surface area (Å²) in [4.78, 5) is 0. The Labute approximate surface area is 93.7 Å². The Morgan fingerprint density at radius 1 is 1.19 bits per heavy atom. The van der Waals surface area contributed by atoms with E-state index in [-0.39, 0.29) is 5.54 Å². The molecule has 1 aromatic rings. The minimum Gasteiger partial charge on any atom is -0.314 e. The van der Waals surface area contributed by atoms with Gasteiger partial charge in [-0.05, 0) is 38.9 Å². The summed E-state index contributed by atoms with van der Waals surface area (Å²) in [5, 5.41) is 3.07. The molecule has 4 heteroatoms. The van der Waals surface area contributed by atoms with Crippen molar-refractivity contribution in [3.63, 3.8) is 0 Å². The van der Waals surface area contributed by atoms with Crippen LogP contribution in [0.15, 0.2) is 24.3 Å². The average Bonchev–Trinajstić information content (AvgIpc) is 2.16. The molecular formula is C12H16F3N. The van der Waals surface area contributed by atoms with Crippen molar-refractivity contribution in [2.45, 2.75) is 32.0 Å². The molecule has 0 bridgehead atoms. The second-order valence-corrected chi connectivity index (χ2v) is 4.51. The lowest BCUT2D eigenvalue weighted by Gasteiger charge is -2.24. The highest BCUT2D eigenvalue weighted by atomic mass is 19.4. The second-order valence-electron chi connectivity index (χ2n) is 4.51. The van der Waals surface area contributed by atoms with Gasteiger partial charge in [-0.1, -0.05) is 18.2 Å². The van der Waals surface area contributed by atoms with Gasteiger partial charge in [0, 0.05) is 5.54 Å². The molecule has 1 N–H and O–H groups in total. The lowest BCUT2D eigenvalue weighted by molar-refractivity contribution is -0.137. The van der Waals surface area contributed by atoms with E-state index in [0.29, 0.717) is 12.0 Å². The number of nitrogens with one attached hydrogen (secondary N) is 1. The van der Waals surface area contributed by atoms with E-state index in [4.69, 9.17) is 0 Å². The van der Waals surface area contributed by atoms with E-state index >= 15 is 0 Å².